The summed E-state index contributed by atoms with van der Waals surface area (Å²) < 4.78 is 16.2. The minimum absolute atomic E-state index is 0.0387. The normalized spacial score (nSPS) is 32.8. The van der Waals surface area contributed by atoms with Crippen LogP contribution in [0.4, 0.5) is 0 Å². The minimum Gasteiger partial charge on any atom is -0.360 e. The molecule has 100 valence electrons. The van der Waals surface area contributed by atoms with E-state index in [9.17, 15) is 9.59 Å². The van der Waals surface area contributed by atoms with Gasteiger partial charge in [-0.05, 0) is 0 Å². The van der Waals surface area contributed by atoms with E-state index in [2.05, 4.69) is 0 Å². The molecule has 0 amide bonds. The van der Waals surface area contributed by atoms with E-state index in [4.69, 9.17) is 14.2 Å². The predicted octanol–water partition coefficient (Wildman–Crippen LogP) is 0.867. The fraction of sp³-hybridized carbons (Fsp3) is 0.692. The lowest BCUT2D eigenvalue weighted by atomic mass is 9.85. The van der Waals surface area contributed by atoms with E-state index in [1.54, 1.807) is 13.0 Å². The fourth-order valence-electron chi connectivity index (χ4n) is 2.58. The van der Waals surface area contributed by atoms with Crippen LogP contribution in [0.25, 0.3) is 0 Å². The molecule has 0 aromatic heterocycles. The number of rotatable bonds is 5. The van der Waals surface area contributed by atoms with Gasteiger partial charge >= 0.3 is 0 Å². The van der Waals surface area contributed by atoms with Crippen LogP contribution in [-0.4, -0.2) is 43.8 Å². The molecule has 1 fully saturated rings. The van der Waals surface area contributed by atoms with Gasteiger partial charge in [0.05, 0.1) is 12.0 Å². The average Bonchev–Trinajstić information content (AvgIpc) is 2.83. The first-order chi connectivity index (χ1) is 8.58. The van der Waals surface area contributed by atoms with Crippen LogP contribution >= 0.6 is 0 Å². The van der Waals surface area contributed by atoms with Gasteiger partial charge < -0.3 is 14.2 Å². The number of ketones is 2. The lowest BCUT2D eigenvalue weighted by Crippen LogP contribution is -2.60. The van der Waals surface area contributed by atoms with Gasteiger partial charge in [0.25, 0.3) is 5.79 Å². The zero-order valence-corrected chi connectivity index (χ0v) is 10.8. The Hall–Kier alpha value is -1.04. The predicted molar refractivity (Wildman–Crippen MR) is 63.0 cm³/mol. The molecule has 5 nitrogen and oxygen atoms in total. The van der Waals surface area contributed by atoms with Gasteiger partial charge in [-0.1, -0.05) is 19.1 Å². The molecule has 2 aliphatic heterocycles. The number of hydrogen-bond donors (Lipinski definition) is 0. The van der Waals surface area contributed by atoms with Crippen LogP contribution in [0.2, 0.25) is 0 Å². The summed E-state index contributed by atoms with van der Waals surface area (Å²) >= 11 is 0. The van der Waals surface area contributed by atoms with E-state index < -0.39 is 17.8 Å². The first-order valence-corrected chi connectivity index (χ1v) is 6.09. The summed E-state index contributed by atoms with van der Waals surface area (Å²) in [7, 11) is 2.83. The van der Waals surface area contributed by atoms with E-state index in [1.165, 1.54) is 14.2 Å². The van der Waals surface area contributed by atoms with Crippen molar-refractivity contribution in [1.82, 2.24) is 0 Å². The second-order valence-corrected chi connectivity index (χ2v) is 4.55. The minimum atomic E-state index is -1.41. The Morgan fingerprint density at radius 3 is 2.61 bits per heavy atom. The molecule has 0 radical (unpaired) electrons. The Morgan fingerprint density at radius 1 is 1.39 bits per heavy atom. The van der Waals surface area contributed by atoms with E-state index in [0.717, 1.165) is 0 Å². The topological polar surface area (TPSA) is 61.8 Å². The molecule has 5 heteroatoms. The number of methoxy groups -OCH3 is 2. The van der Waals surface area contributed by atoms with Crippen molar-refractivity contribution in [2.75, 3.05) is 14.2 Å². The maximum absolute atomic E-state index is 12.5. The lowest BCUT2D eigenvalue weighted by Gasteiger charge is -2.41. The summed E-state index contributed by atoms with van der Waals surface area (Å²) in [5, 5.41) is 0. The van der Waals surface area contributed by atoms with Gasteiger partial charge in [-0.15, -0.1) is 0 Å². The summed E-state index contributed by atoms with van der Waals surface area (Å²) in [5.41, 5.74) is 0. The highest BCUT2D eigenvalue weighted by Crippen LogP contribution is 2.39. The van der Waals surface area contributed by atoms with Crippen molar-refractivity contribution >= 4 is 11.6 Å². The van der Waals surface area contributed by atoms with Crippen molar-refractivity contribution in [2.45, 2.75) is 37.8 Å². The molecule has 2 aliphatic rings. The molecule has 2 rings (SSSR count). The van der Waals surface area contributed by atoms with Crippen LogP contribution in [0.15, 0.2) is 12.2 Å². The first-order valence-electron chi connectivity index (χ1n) is 6.09. The monoisotopic (exact) mass is 254 g/mol. The van der Waals surface area contributed by atoms with Gasteiger partial charge in [0.2, 0.25) is 5.78 Å². The van der Waals surface area contributed by atoms with Crippen LogP contribution in [0.1, 0.15) is 19.8 Å². The second kappa shape index (κ2) is 4.91. The molecule has 0 aromatic carbocycles. The molecule has 0 saturated carbocycles. The van der Waals surface area contributed by atoms with Gasteiger partial charge in [-0.2, -0.15) is 0 Å². The number of carbonyl (C=O) groups excluding carboxylic acids is 2. The zero-order chi connectivity index (χ0) is 13.3. The summed E-state index contributed by atoms with van der Waals surface area (Å²) in [4.78, 5) is 24.1. The van der Waals surface area contributed by atoms with Gasteiger partial charge in [0.15, 0.2) is 0 Å². The largest absolute Gasteiger partial charge is 0.360 e. The van der Waals surface area contributed by atoms with Crippen LogP contribution in [0, 0.1) is 5.92 Å². The highest BCUT2D eigenvalue weighted by Gasteiger charge is 2.58. The molecular formula is C13H18O5. The third kappa shape index (κ3) is 1.83. The molecule has 0 spiro atoms. The standard InChI is InChI=1S/C13H18O5/c1-4-8(14)7-9-10-5-6-11(18-10)13(16-2,17-3)12(9)15/h5-6,9-11H,4,7H2,1-3H3/t9-,10-,11+/m0/s1. The Kier molecular flexibility index (Phi) is 3.66. The second-order valence-electron chi connectivity index (χ2n) is 4.55. The third-order valence-electron chi connectivity index (χ3n) is 3.68. The van der Waals surface area contributed by atoms with Crippen molar-refractivity contribution < 1.29 is 23.8 Å². The maximum Gasteiger partial charge on any atom is 0.259 e. The molecule has 2 heterocycles. The molecule has 0 N–H and O–H groups in total. The quantitative estimate of drug-likeness (QED) is 0.538. The van der Waals surface area contributed by atoms with Gasteiger partial charge in [0.1, 0.15) is 11.9 Å². The smallest absolute Gasteiger partial charge is 0.259 e. The van der Waals surface area contributed by atoms with Crippen molar-refractivity contribution in [3.05, 3.63) is 12.2 Å². The summed E-state index contributed by atoms with van der Waals surface area (Å²) in [5.74, 6) is -2.10. The molecule has 0 aliphatic carbocycles. The third-order valence-corrected chi connectivity index (χ3v) is 3.68. The Morgan fingerprint density at radius 2 is 2.06 bits per heavy atom. The Balaban J connectivity index is 2.28. The maximum atomic E-state index is 12.5. The molecule has 3 atom stereocenters. The van der Waals surface area contributed by atoms with Crippen LogP contribution in [0.5, 0.6) is 0 Å². The fourth-order valence-corrected chi connectivity index (χ4v) is 2.58. The van der Waals surface area contributed by atoms with Crippen molar-refractivity contribution in [2.24, 2.45) is 5.92 Å². The van der Waals surface area contributed by atoms with Gasteiger partial charge in [0, 0.05) is 27.1 Å². The van der Waals surface area contributed by atoms with E-state index in [1.807, 2.05) is 6.08 Å². The molecule has 18 heavy (non-hydrogen) atoms. The highest BCUT2D eigenvalue weighted by atomic mass is 16.7. The molecular weight excluding hydrogens is 236 g/mol. The van der Waals surface area contributed by atoms with Crippen molar-refractivity contribution in [3.63, 3.8) is 0 Å². The van der Waals surface area contributed by atoms with E-state index in [-0.39, 0.29) is 24.1 Å². The van der Waals surface area contributed by atoms with Gasteiger partial charge in [-0.25, -0.2) is 0 Å². The van der Waals surface area contributed by atoms with Crippen LogP contribution < -0.4 is 0 Å². The highest BCUT2D eigenvalue weighted by molar-refractivity contribution is 5.94. The first kappa shape index (κ1) is 13.4. The van der Waals surface area contributed by atoms with Crippen LogP contribution in [0.3, 0.4) is 0 Å². The molecule has 0 aromatic rings. The summed E-state index contributed by atoms with van der Waals surface area (Å²) in [6.07, 6.45) is 3.30. The Bertz CT molecular complexity index is 383. The molecule has 0 unspecified atom stereocenters. The van der Waals surface area contributed by atoms with Crippen LogP contribution in [-0.2, 0) is 23.8 Å². The average molecular weight is 254 g/mol. The Labute approximate surface area is 106 Å². The lowest BCUT2D eigenvalue weighted by molar-refractivity contribution is -0.266. The summed E-state index contributed by atoms with van der Waals surface area (Å²) in [6, 6.07) is 0. The summed E-state index contributed by atoms with van der Waals surface area (Å²) in [6.45, 7) is 1.78. The number of Topliss-reactive ketones (excluding diaryl/α,β-unsaturated/α-hetero) is 2. The zero-order valence-electron chi connectivity index (χ0n) is 10.8. The molecule has 1 saturated heterocycles. The number of fused-ring (bicyclic) bond motifs is 2. The number of ether oxygens (including phenoxy) is 3. The molecule has 2 bridgehead atoms. The van der Waals surface area contributed by atoms with Crippen molar-refractivity contribution in [1.29, 1.82) is 0 Å². The number of carbonyl (C=O) groups is 2. The van der Waals surface area contributed by atoms with Gasteiger partial charge in [-0.3, -0.25) is 9.59 Å². The SMILES string of the molecule is CCC(=O)C[C@@H]1C(=O)C(OC)(OC)[C@H]2C=C[C@@H]1O2. The number of hydrogen-bond acceptors (Lipinski definition) is 5. The van der Waals surface area contributed by atoms with E-state index in [0.29, 0.717) is 6.42 Å². The van der Waals surface area contributed by atoms with E-state index >= 15 is 0 Å². The van der Waals surface area contributed by atoms with Crippen molar-refractivity contribution in [3.8, 4) is 0 Å².